The van der Waals surface area contributed by atoms with E-state index in [2.05, 4.69) is 16.4 Å². The highest BCUT2D eigenvalue weighted by Gasteiger charge is 2.16. The zero-order valence-electron chi connectivity index (χ0n) is 8.60. The van der Waals surface area contributed by atoms with Crippen LogP contribution in [0.3, 0.4) is 0 Å². The molecule has 0 unspecified atom stereocenters. The number of hydrogen-bond donors (Lipinski definition) is 2. The van der Waals surface area contributed by atoms with Crippen LogP contribution in [-0.4, -0.2) is 5.71 Å². The van der Waals surface area contributed by atoms with Crippen LogP contribution in [0.1, 0.15) is 6.42 Å². The molecule has 3 rings (SSSR count). The summed E-state index contributed by atoms with van der Waals surface area (Å²) in [5, 5.41) is 3.35. The van der Waals surface area contributed by atoms with Gasteiger partial charge in [0.1, 0.15) is 0 Å². The quantitative estimate of drug-likeness (QED) is 0.724. The molecule has 1 aromatic rings. The summed E-state index contributed by atoms with van der Waals surface area (Å²) in [4.78, 5) is 4.55. The van der Waals surface area contributed by atoms with E-state index in [1.165, 1.54) is 0 Å². The van der Waals surface area contributed by atoms with Crippen molar-refractivity contribution in [3.8, 4) is 0 Å². The van der Waals surface area contributed by atoms with E-state index < -0.39 is 0 Å². The van der Waals surface area contributed by atoms with Crippen molar-refractivity contribution in [3.05, 3.63) is 47.8 Å². The summed E-state index contributed by atoms with van der Waals surface area (Å²) < 4.78 is 0. The molecule has 0 amide bonds. The second-order valence-corrected chi connectivity index (χ2v) is 3.68. The lowest BCUT2D eigenvalue weighted by Crippen LogP contribution is -2.18. The molecule has 0 saturated carbocycles. The summed E-state index contributed by atoms with van der Waals surface area (Å²) in [6.07, 6.45) is 4.80. The third kappa shape index (κ3) is 1.70. The first-order valence-electron chi connectivity index (χ1n) is 4.94. The van der Waals surface area contributed by atoms with Gasteiger partial charge in [0.2, 0.25) is 0 Å². The van der Waals surface area contributed by atoms with Gasteiger partial charge >= 0.3 is 0 Å². The normalized spacial score (nSPS) is 16.6. The Labute approximate surface area is 100 Å². The van der Waals surface area contributed by atoms with E-state index >= 15 is 0 Å². The Morgan fingerprint density at radius 1 is 1.25 bits per heavy atom. The highest BCUT2D eigenvalue weighted by Crippen LogP contribution is 2.32. The molecule has 1 aromatic carbocycles. The van der Waals surface area contributed by atoms with Gasteiger partial charge in [0.25, 0.3) is 0 Å². The van der Waals surface area contributed by atoms with E-state index in [-0.39, 0.29) is 12.4 Å². The number of fused-ring (bicyclic) bond motifs is 2. The van der Waals surface area contributed by atoms with E-state index in [9.17, 15) is 0 Å². The summed E-state index contributed by atoms with van der Waals surface area (Å²) in [5.41, 5.74) is 10.6. The summed E-state index contributed by atoms with van der Waals surface area (Å²) in [6.45, 7) is 0. The smallest absolute Gasteiger partial charge is 0.0886 e. The van der Waals surface area contributed by atoms with Crippen molar-refractivity contribution in [2.45, 2.75) is 6.42 Å². The molecule has 82 valence electrons. The Kier molecular flexibility index (Phi) is 2.71. The minimum absolute atomic E-state index is 0. The van der Waals surface area contributed by atoms with Gasteiger partial charge in [-0.05, 0) is 18.2 Å². The number of nitrogens with two attached hydrogens (primary N) is 1. The zero-order valence-corrected chi connectivity index (χ0v) is 9.42. The average Bonchev–Trinajstić information content (AvgIpc) is 2.26. The molecule has 0 radical (unpaired) electrons. The molecule has 0 aromatic heterocycles. The Balaban J connectivity index is 0.000000963. The first-order chi connectivity index (χ1) is 7.33. The predicted octanol–water partition coefficient (Wildman–Crippen LogP) is 2.74. The Hall–Kier alpha value is -1.74. The predicted molar refractivity (Wildman–Crippen MR) is 69.4 cm³/mol. The number of para-hydroxylation sites is 2. The Morgan fingerprint density at radius 2 is 2.06 bits per heavy atom. The molecular weight excluding hydrogens is 222 g/mol. The molecule has 3 N–H and O–H groups in total. The monoisotopic (exact) mass is 233 g/mol. The van der Waals surface area contributed by atoms with Gasteiger partial charge in [-0.1, -0.05) is 18.2 Å². The second kappa shape index (κ2) is 4.02. The van der Waals surface area contributed by atoms with Crippen LogP contribution in [0.2, 0.25) is 0 Å². The largest absolute Gasteiger partial charge is 0.402 e. The average molecular weight is 234 g/mol. The summed E-state index contributed by atoms with van der Waals surface area (Å²) in [7, 11) is 0. The highest BCUT2D eigenvalue weighted by atomic mass is 35.5. The fourth-order valence-corrected chi connectivity index (χ4v) is 1.80. The van der Waals surface area contributed by atoms with Crippen LogP contribution in [-0.2, 0) is 0 Å². The highest BCUT2D eigenvalue weighted by molar-refractivity contribution is 6.14. The Morgan fingerprint density at radius 3 is 2.94 bits per heavy atom. The molecule has 3 nitrogen and oxygen atoms in total. The van der Waals surface area contributed by atoms with Gasteiger partial charge in [-0.3, -0.25) is 0 Å². The maximum atomic E-state index is 5.77. The number of halogens is 1. The van der Waals surface area contributed by atoms with Crippen LogP contribution in [0.5, 0.6) is 0 Å². The van der Waals surface area contributed by atoms with Crippen LogP contribution in [0.15, 0.2) is 52.8 Å². The van der Waals surface area contributed by atoms with Gasteiger partial charge in [-0.25, -0.2) is 4.99 Å². The van der Waals surface area contributed by atoms with Crippen LogP contribution >= 0.6 is 12.4 Å². The maximum absolute atomic E-state index is 5.77. The van der Waals surface area contributed by atoms with Crippen molar-refractivity contribution in [3.63, 3.8) is 0 Å². The fourth-order valence-electron chi connectivity index (χ4n) is 1.80. The fraction of sp³-hybridized carbons (Fsp3) is 0.0833. The van der Waals surface area contributed by atoms with Crippen LogP contribution in [0.4, 0.5) is 11.4 Å². The number of hydrogen-bond acceptors (Lipinski definition) is 3. The Bertz CT molecular complexity index is 515. The molecule has 0 atom stereocenters. The molecule has 0 saturated heterocycles. The molecule has 0 bridgehead atoms. The lowest BCUT2D eigenvalue weighted by molar-refractivity contribution is 1.14. The third-order valence-electron chi connectivity index (χ3n) is 2.55. The van der Waals surface area contributed by atoms with Crippen LogP contribution in [0.25, 0.3) is 0 Å². The molecular formula is C12H12ClN3. The molecule has 4 heteroatoms. The first kappa shape index (κ1) is 10.8. The van der Waals surface area contributed by atoms with Crippen molar-refractivity contribution in [2.75, 3.05) is 5.32 Å². The minimum atomic E-state index is 0. The number of nitrogens with one attached hydrogen (secondary N) is 1. The van der Waals surface area contributed by atoms with Gasteiger partial charge in [0.05, 0.1) is 22.8 Å². The maximum Gasteiger partial charge on any atom is 0.0886 e. The number of allylic oxidation sites excluding steroid dienone is 2. The molecule has 0 spiro atoms. The van der Waals surface area contributed by atoms with Crippen molar-refractivity contribution in [2.24, 2.45) is 10.7 Å². The van der Waals surface area contributed by atoms with Gasteiger partial charge in [0, 0.05) is 12.1 Å². The molecule has 16 heavy (non-hydrogen) atoms. The van der Waals surface area contributed by atoms with E-state index in [0.29, 0.717) is 0 Å². The molecule has 0 fully saturated rings. The number of benzene rings is 1. The van der Waals surface area contributed by atoms with Gasteiger partial charge in [0.15, 0.2) is 0 Å². The number of aliphatic imine (C=N–C) groups is 1. The first-order valence-corrected chi connectivity index (χ1v) is 4.94. The van der Waals surface area contributed by atoms with E-state index in [4.69, 9.17) is 5.73 Å². The van der Waals surface area contributed by atoms with E-state index in [1.54, 1.807) is 0 Å². The molecule has 1 aliphatic heterocycles. The lowest BCUT2D eigenvalue weighted by Gasteiger charge is -2.21. The lowest BCUT2D eigenvalue weighted by atomic mass is 10.0. The standard InChI is InChI=1S/C12H11N3.ClH/c13-8-5-6-11-12(7-8)15-10-4-2-1-3-9(10)14-11;/h1-4,6-7,14H,5,13H2;1H. The van der Waals surface area contributed by atoms with E-state index in [1.807, 2.05) is 30.3 Å². The zero-order chi connectivity index (χ0) is 10.3. The summed E-state index contributed by atoms with van der Waals surface area (Å²) in [6, 6.07) is 8.00. The molecule has 1 aliphatic carbocycles. The van der Waals surface area contributed by atoms with Gasteiger partial charge in [-0.15, -0.1) is 12.4 Å². The third-order valence-corrected chi connectivity index (χ3v) is 2.55. The van der Waals surface area contributed by atoms with Crippen LogP contribution in [0, 0.1) is 0 Å². The number of rotatable bonds is 0. The van der Waals surface area contributed by atoms with Gasteiger partial charge in [-0.2, -0.15) is 0 Å². The molecule has 1 heterocycles. The van der Waals surface area contributed by atoms with Crippen LogP contribution < -0.4 is 11.1 Å². The van der Waals surface area contributed by atoms with Crippen molar-refractivity contribution in [1.82, 2.24) is 0 Å². The number of anilines is 1. The van der Waals surface area contributed by atoms with Crippen molar-refractivity contribution >= 4 is 29.5 Å². The van der Waals surface area contributed by atoms with Crippen molar-refractivity contribution < 1.29 is 0 Å². The summed E-state index contributed by atoms with van der Waals surface area (Å²) in [5.74, 6) is 0. The topological polar surface area (TPSA) is 50.4 Å². The minimum Gasteiger partial charge on any atom is -0.402 e. The molecule has 2 aliphatic rings. The van der Waals surface area contributed by atoms with E-state index in [0.717, 1.165) is 34.9 Å². The van der Waals surface area contributed by atoms with Crippen molar-refractivity contribution in [1.29, 1.82) is 0 Å². The SMILES string of the molecule is Cl.NC1=CC2=Nc3ccccc3NC2=CC1. The number of nitrogens with zero attached hydrogens (tertiary/aromatic N) is 1. The second-order valence-electron chi connectivity index (χ2n) is 3.68. The van der Waals surface area contributed by atoms with Gasteiger partial charge < -0.3 is 11.1 Å². The summed E-state index contributed by atoms with van der Waals surface area (Å²) >= 11 is 0.